The Hall–Kier alpha value is -3.26. The van der Waals surface area contributed by atoms with Gasteiger partial charge in [-0.3, -0.25) is 4.79 Å². The molecule has 0 atom stereocenters. The third-order valence-electron chi connectivity index (χ3n) is 4.55. The van der Waals surface area contributed by atoms with Gasteiger partial charge in [-0.2, -0.15) is 4.98 Å². The first-order valence-corrected chi connectivity index (χ1v) is 9.16. The molecule has 0 saturated carbocycles. The molecule has 0 bridgehead atoms. The van der Waals surface area contributed by atoms with Crippen LogP contribution in [-0.2, 0) is 4.74 Å². The minimum Gasteiger partial charge on any atom is -0.378 e. The maximum absolute atomic E-state index is 12.7. The number of rotatable bonds is 4. The quantitative estimate of drug-likeness (QED) is 0.745. The topological polar surface area (TPSA) is 83.5 Å². The van der Waals surface area contributed by atoms with Crippen LogP contribution < -0.4 is 15.1 Å². The monoisotopic (exact) mass is 378 g/mol. The summed E-state index contributed by atoms with van der Waals surface area (Å²) in [4.78, 5) is 30.2. The molecule has 28 heavy (non-hydrogen) atoms. The molecular weight excluding hydrogens is 356 g/mol. The summed E-state index contributed by atoms with van der Waals surface area (Å²) in [5.74, 6) is 0.982. The zero-order valence-electron chi connectivity index (χ0n) is 15.9. The molecule has 2 aromatic heterocycles. The Kier molecular flexibility index (Phi) is 5.03. The lowest BCUT2D eigenvalue weighted by Crippen LogP contribution is -2.37. The molecule has 0 aliphatic carbocycles. The Morgan fingerprint density at radius 3 is 2.68 bits per heavy atom. The largest absolute Gasteiger partial charge is 0.378 e. The van der Waals surface area contributed by atoms with Gasteiger partial charge in [0, 0.05) is 32.6 Å². The Labute approximate surface area is 163 Å². The van der Waals surface area contributed by atoms with Crippen molar-refractivity contribution >= 4 is 34.3 Å². The summed E-state index contributed by atoms with van der Waals surface area (Å²) >= 11 is 0. The minimum absolute atomic E-state index is 0.295. The van der Waals surface area contributed by atoms with Crippen molar-refractivity contribution in [3.63, 3.8) is 0 Å². The molecule has 1 fully saturated rings. The molecule has 1 saturated heterocycles. The van der Waals surface area contributed by atoms with Crippen LogP contribution in [0.1, 0.15) is 10.5 Å². The van der Waals surface area contributed by atoms with E-state index in [4.69, 9.17) is 4.74 Å². The number of anilines is 3. The van der Waals surface area contributed by atoms with Crippen LogP contribution in [0.25, 0.3) is 10.9 Å². The second-order valence-electron chi connectivity index (χ2n) is 6.74. The number of nitrogens with one attached hydrogen (secondary N) is 1. The lowest BCUT2D eigenvalue weighted by molar-refractivity contribution is 0.102. The van der Waals surface area contributed by atoms with Crippen molar-refractivity contribution in [1.82, 2.24) is 15.0 Å². The van der Waals surface area contributed by atoms with Crippen LogP contribution in [0, 0.1) is 0 Å². The number of carbonyl (C=O) groups is 1. The van der Waals surface area contributed by atoms with Crippen LogP contribution in [0.2, 0.25) is 0 Å². The van der Waals surface area contributed by atoms with Crippen molar-refractivity contribution in [1.29, 1.82) is 0 Å². The van der Waals surface area contributed by atoms with E-state index in [1.54, 1.807) is 12.3 Å². The van der Waals surface area contributed by atoms with Crippen molar-refractivity contribution in [2.75, 3.05) is 55.5 Å². The zero-order valence-corrected chi connectivity index (χ0v) is 15.9. The molecule has 1 N–H and O–H groups in total. The van der Waals surface area contributed by atoms with Crippen molar-refractivity contribution < 1.29 is 9.53 Å². The number of hydrogen-bond acceptors (Lipinski definition) is 7. The molecule has 0 radical (unpaired) electrons. The number of aromatic nitrogens is 3. The van der Waals surface area contributed by atoms with Crippen molar-refractivity contribution in [2.24, 2.45) is 0 Å². The van der Waals surface area contributed by atoms with E-state index in [2.05, 4.69) is 25.2 Å². The standard InChI is InChI=1S/C20H22N6O2/c1-25(2)18-17(13-21-20(24-18)26-9-11-28-12-10-26)23-19(27)16-8-7-14-5-3-4-6-15(14)22-16/h3-8,13H,9-12H2,1-2H3,(H,23,27). The average molecular weight is 378 g/mol. The van der Waals surface area contributed by atoms with Crippen LogP contribution in [-0.4, -0.2) is 61.3 Å². The fourth-order valence-corrected chi connectivity index (χ4v) is 3.09. The summed E-state index contributed by atoms with van der Waals surface area (Å²) in [5, 5.41) is 3.88. The fourth-order valence-electron chi connectivity index (χ4n) is 3.09. The summed E-state index contributed by atoms with van der Waals surface area (Å²) in [6, 6.07) is 11.3. The Balaban J connectivity index is 1.59. The lowest BCUT2D eigenvalue weighted by atomic mass is 10.2. The Morgan fingerprint density at radius 1 is 1.11 bits per heavy atom. The fraction of sp³-hybridized carbons (Fsp3) is 0.300. The van der Waals surface area contributed by atoms with Gasteiger partial charge in [0.25, 0.3) is 5.91 Å². The molecule has 8 nitrogen and oxygen atoms in total. The summed E-state index contributed by atoms with van der Waals surface area (Å²) in [6.45, 7) is 2.82. The molecule has 0 spiro atoms. The molecule has 4 rings (SSSR count). The van der Waals surface area contributed by atoms with Crippen molar-refractivity contribution in [3.05, 3.63) is 48.3 Å². The van der Waals surface area contributed by atoms with E-state index >= 15 is 0 Å². The van der Waals surface area contributed by atoms with E-state index in [9.17, 15) is 4.79 Å². The summed E-state index contributed by atoms with van der Waals surface area (Å²) in [5.41, 5.74) is 1.67. The summed E-state index contributed by atoms with van der Waals surface area (Å²) < 4.78 is 5.38. The molecule has 8 heteroatoms. The molecule has 1 aliphatic heterocycles. The first-order chi connectivity index (χ1) is 13.6. The molecule has 1 aromatic carbocycles. The molecular formula is C20H22N6O2. The third kappa shape index (κ3) is 3.72. The maximum Gasteiger partial charge on any atom is 0.274 e. The number of morpholine rings is 1. The van der Waals surface area contributed by atoms with Gasteiger partial charge in [-0.15, -0.1) is 0 Å². The number of pyridine rings is 1. The van der Waals surface area contributed by atoms with Crippen LogP contribution in [0.4, 0.5) is 17.5 Å². The van der Waals surface area contributed by atoms with Crippen LogP contribution in [0.15, 0.2) is 42.6 Å². The number of para-hydroxylation sites is 1. The number of amides is 1. The van der Waals surface area contributed by atoms with E-state index in [-0.39, 0.29) is 5.91 Å². The summed E-state index contributed by atoms with van der Waals surface area (Å²) in [7, 11) is 3.77. The second kappa shape index (κ2) is 7.77. The Bertz CT molecular complexity index is 1000. The molecule has 3 heterocycles. The van der Waals surface area contributed by atoms with Gasteiger partial charge in [0.05, 0.1) is 24.9 Å². The number of hydrogen-bond donors (Lipinski definition) is 1. The van der Waals surface area contributed by atoms with Crippen LogP contribution >= 0.6 is 0 Å². The van der Waals surface area contributed by atoms with Gasteiger partial charge in [0.1, 0.15) is 11.4 Å². The van der Waals surface area contributed by atoms with Crippen molar-refractivity contribution in [2.45, 2.75) is 0 Å². The predicted octanol–water partition coefficient (Wildman–Crippen LogP) is 2.18. The highest BCUT2D eigenvalue weighted by atomic mass is 16.5. The highest BCUT2D eigenvalue weighted by Crippen LogP contribution is 2.24. The van der Waals surface area contributed by atoms with E-state index in [1.807, 2.05) is 49.3 Å². The first-order valence-electron chi connectivity index (χ1n) is 9.16. The van der Waals surface area contributed by atoms with Crippen molar-refractivity contribution in [3.8, 4) is 0 Å². The highest BCUT2D eigenvalue weighted by Gasteiger charge is 2.18. The first kappa shape index (κ1) is 18.1. The highest BCUT2D eigenvalue weighted by molar-refractivity contribution is 6.05. The van der Waals surface area contributed by atoms with Gasteiger partial charge < -0.3 is 19.9 Å². The molecule has 1 aliphatic rings. The molecule has 3 aromatic rings. The number of ether oxygens (including phenoxy) is 1. The lowest BCUT2D eigenvalue weighted by Gasteiger charge is -2.28. The number of carbonyl (C=O) groups excluding carboxylic acids is 1. The smallest absolute Gasteiger partial charge is 0.274 e. The Morgan fingerprint density at radius 2 is 1.89 bits per heavy atom. The van der Waals surface area contributed by atoms with E-state index < -0.39 is 0 Å². The zero-order chi connectivity index (χ0) is 19.5. The van der Waals surface area contributed by atoms with Crippen LogP contribution in [0.3, 0.4) is 0 Å². The van der Waals surface area contributed by atoms with Gasteiger partial charge in [-0.1, -0.05) is 24.3 Å². The average Bonchev–Trinajstić information content (AvgIpc) is 2.74. The van der Waals surface area contributed by atoms with Crippen LogP contribution in [0.5, 0.6) is 0 Å². The molecule has 144 valence electrons. The third-order valence-corrected chi connectivity index (χ3v) is 4.55. The second-order valence-corrected chi connectivity index (χ2v) is 6.74. The van der Waals surface area contributed by atoms with Gasteiger partial charge in [-0.05, 0) is 12.1 Å². The van der Waals surface area contributed by atoms with Gasteiger partial charge in [-0.25, -0.2) is 9.97 Å². The number of benzene rings is 1. The number of fused-ring (bicyclic) bond motifs is 1. The van der Waals surface area contributed by atoms with Gasteiger partial charge in [0.2, 0.25) is 5.95 Å². The normalized spacial score (nSPS) is 14.1. The van der Waals surface area contributed by atoms with Gasteiger partial charge >= 0.3 is 0 Å². The molecule has 0 unspecified atom stereocenters. The number of nitrogens with zero attached hydrogens (tertiary/aromatic N) is 5. The van der Waals surface area contributed by atoms with E-state index in [0.717, 1.165) is 24.0 Å². The maximum atomic E-state index is 12.7. The minimum atomic E-state index is -0.295. The molecule has 1 amide bonds. The summed E-state index contributed by atoms with van der Waals surface area (Å²) in [6.07, 6.45) is 1.64. The van der Waals surface area contributed by atoms with E-state index in [0.29, 0.717) is 36.4 Å². The van der Waals surface area contributed by atoms with E-state index in [1.165, 1.54) is 0 Å². The SMILES string of the molecule is CN(C)c1nc(N2CCOCC2)ncc1NC(=O)c1ccc2ccccc2n1. The van der Waals surface area contributed by atoms with Gasteiger partial charge in [0.15, 0.2) is 5.82 Å². The predicted molar refractivity (Wildman–Crippen MR) is 109 cm³/mol.